The Kier molecular flexibility index (Phi) is 51.9. The first-order valence-electron chi connectivity index (χ1n) is 32.3. The summed E-state index contributed by atoms with van der Waals surface area (Å²) < 4.78 is 16.7. The third-order valence-corrected chi connectivity index (χ3v) is 15.2. The molecule has 11 nitrogen and oxygen atoms in total. The molecule has 446 valence electrons. The molecule has 0 bridgehead atoms. The molecule has 1 rings (SSSR count). The number of carbonyl (C=O) groups is 2. The highest BCUT2D eigenvalue weighted by atomic mass is 16.7. The summed E-state index contributed by atoms with van der Waals surface area (Å²) in [6.45, 7) is 4.30. The van der Waals surface area contributed by atoms with Gasteiger partial charge in [-0.25, -0.2) is 0 Å². The molecule has 0 aromatic rings. The Morgan fingerprint density at radius 3 is 1.36 bits per heavy atom. The van der Waals surface area contributed by atoms with Gasteiger partial charge in [-0.2, -0.15) is 0 Å². The van der Waals surface area contributed by atoms with Crippen LogP contribution in [0.15, 0.2) is 36.5 Å². The molecule has 0 saturated carbocycles. The number of hydrogen-bond acceptors (Lipinski definition) is 10. The van der Waals surface area contributed by atoms with Crippen LogP contribution in [0.2, 0.25) is 0 Å². The standard InChI is InChI=1S/C65H121NO10/c1-3-5-7-9-11-13-14-15-26-30-33-37-41-45-49-53-61(70)74-54-50-46-42-38-34-31-28-25-23-21-19-17-16-18-20-22-24-27-29-32-36-40-44-48-52-60(69)66-57(58(68)51-47-43-39-35-12-10-8-6-4-2)56-75-65-64(73)63(72)62(71)59(55-67)76-65/h11,13,15,26,47,51,57-59,62-65,67-68,71-73H,3-10,12,14,16-25,27-46,48-50,52-56H2,1-2H3,(H,66,69)/b13-11-,26-15-,51-47+. The van der Waals surface area contributed by atoms with E-state index in [1.807, 2.05) is 6.08 Å². The van der Waals surface area contributed by atoms with Crippen molar-refractivity contribution in [2.45, 2.75) is 346 Å². The fraction of sp³-hybridized carbons (Fsp3) is 0.877. The molecule has 6 N–H and O–H groups in total. The number of aliphatic hydroxyl groups is 5. The summed E-state index contributed by atoms with van der Waals surface area (Å²) in [7, 11) is 0. The van der Waals surface area contributed by atoms with E-state index in [9.17, 15) is 35.1 Å². The number of esters is 1. The predicted octanol–water partition coefficient (Wildman–Crippen LogP) is 15.5. The molecule has 7 unspecified atom stereocenters. The molecule has 1 heterocycles. The van der Waals surface area contributed by atoms with Crippen LogP contribution in [0, 0.1) is 0 Å². The lowest BCUT2D eigenvalue weighted by atomic mass is 9.99. The molecule has 0 aromatic carbocycles. The number of rotatable bonds is 56. The van der Waals surface area contributed by atoms with Crippen LogP contribution in [0.3, 0.4) is 0 Å². The molecule has 0 aliphatic carbocycles. The zero-order chi connectivity index (χ0) is 55.2. The van der Waals surface area contributed by atoms with Gasteiger partial charge in [-0.1, -0.05) is 262 Å². The van der Waals surface area contributed by atoms with E-state index in [0.717, 1.165) is 64.2 Å². The van der Waals surface area contributed by atoms with Crippen LogP contribution in [0.4, 0.5) is 0 Å². The van der Waals surface area contributed by atoms with Crippen molar-refractivity contribution in [1.29, 1.82) is 0 Å². The van der Waals surface area contributed by atoms with E-state index < -0.39 is 49.5 Å². The molecule has 1 aliphatic heterocycles. The lowest BCUT2D eigenvalue weighted by Gasteiger charge is -2.40. The van der Waals surface area contributed by atoms with Crippen LogP contribution in [0.1, 0.15) is 303 Å². The van der Waals surface area contributed by atoms with E-state index in [2.05, 4.69) is 43.5 Å². The van der Waals surface area contributed by atoms with Gasteiger partial charge in [-0.05, 0) is 64.2 Å². The van der Waals surface area contributed by atoms with E-state index in [1.54, 1.807) is 6.08 Å². The average molecular weight is 1080 g/mol. The van der Waals surface area contributed by atoms with Gasteiger partial charge in [0.2, 0.25) is 5.91 Å². The Balaban J connectivity index is 1.95. The van der Waals surface area contributed by atoms with Crippen LogP contribution < -0.4 is 5.32 Å². The van der Waals surface area contributed by atoms with Gasteiger partial charge in [-0.3, -0.25) is 9.59 Å². The molecule has 1 saturated heterocycles. The molecular weight excluding hydrogens is 955 g/mol. The van der Waals surface area contributed by atoms with Gasteiger partial charge in [-0.15, -0.1) is 0 Å². The zero-order valence-corrected chi connectivity index (χ0v) is 49.2. The van der Waals surface area contributed by atoms with Gasteiger partial charge in [0.15, 0.2) is 6.29 Å². The normalized spacial score (nSPS) is 18.9. The Morgan fingerprint density at radius 1 is 0.487 bits per heavy atom. The molecule has 1 aliphatic rings. The summed E-state index contributed by atoms with van der Waals surface area (Å²) in [5.74, 6) is -0.192. The first-order valence-corrected chi connectivity index (χ1v) is 32.3. The Labute approximate surface area is 466 Å². The second-order valence-electron chi connectivity index (χ2n) is 22.5. The quantitative estimate of drug-likeness (QED) is 0.0195. The van der Waals surface area contributed by atoms with E-state index in [1.165, 1.54) is 212 Å². The Bertz CT molecular complexity index is 1360. The zero-order valence-electron chi connectivity index (χ0n) is 49.2. The van der Waals surface area contributed by atoms with Crippen molar-refractivity contribution < 1.29 is 49.3 Å². The van der Waals surface area contributed by atoms with Crippen molar-refractivity contribution in [3.8, 4) is 0 Å². The molecule has 76 heavy (non-hydrogen) atoms. The summed E-state index contributed by atoms with van der Waals surface area (Å²) >= 11 is 0. The minimum atomic E-state index is -1.57. The fourth-order valence-corrected chi connectivity index (χ4v) is 10.1. The average Bonchev–Trinajstić information content (AvgIpc) is 3.42. The maximum absolute atomic E-state index is 13.0. The van der Waals surface area contributed by atoms with Crippen molar-refractivity contribution in [2.75, 3.05) is 19.8 Å². The van der Waals surface area contributed by atoms with E-state index in [0.29, 0.717) is 19.4 Å². The largest absolute Gasteiger partial charge is 0.466 e. The highest BCUT2D eigenvalue weighted by Crippen LogP contribution is 2.23. The van der Waals surface area contributed by atoms with Crippen molar-refractivity contribution in [2.24, 2.45) is 0 Å². The van der Waals surface area contributed by atoms with E-state index in [4.69, 9.17) is 14.2 Å². The summed E-state index contributed by atoms with van der Waals surface area (Å²) in [5.41, 5.74) is 0. The van der Waals surface area contributed by atoms with Crippen LogP contribution in [-0.2, 0) is 23.8 Å². The number of nitrogens with one attached hydrogen (secondary N) is 1. The molecule has 0 aromatic heterocycles. The number of unbranched alkanes of at least 4 members (excludes halogenated alkanes) is 38. The molecule has 1 fully saturated rings. The van der Waals surface area contributed by atoms with Crippen LogP contribution in [0.25, 0.3) is 0 Å². The first kappa shape index (κ1) is 71.9. The smallest absolute Gasteiger partial charge is 0.305 e. The second-order valence-corrected chi connectivity index (χ2v) is 22.5. The van der Waals surface area contributed by atoms with Crippen molar-refractivity contribution in [1.82, 2.24) is 5.32 Å². The maximum Gasteiger partial charge on any atom is 0.305 e. The maximum atomic E-state index is 13.0. The topological polar surface area (TPSA) is 175 Å². The van der Waals surface area contributed by atoms with Crippen LogP contribution in [-0.4, -0.2) is 100 Å². The lowest BCUT2D eigenvalue weighted by molar-refractivity contribution is -0.302. The number of ether oxygens (including phenoxy) is 3. The fourth-order valence-electron chi connectivity index (χ4n) is 10.1. The minimum Gasteiger partial charge on any atom is -0.466 e. The molecule has 1 amide bonds. The van der Waals surface area contributed by atoms with Crippen LogP contribution in [0.5, 0.6) is 0 Å². The van der Waals surface area contributed by atoms with Gasteiger partial charge in [0.25, 0.3) is 0 Å². The molecule has 0 spiro atoms. The molecule has 11 heteroatoms. The monoisotopic (exact) mass is 1080 g/mol. The number of amides is 1. The molecular formula is C65H121NO10. The first-order chi connectivity index (χ1) is 37.2. The predicted molar refractivity (Wildman–Crippen MR) is 315 cm³/mol. The van der Waals surface area contributed by atoms with E-state index >= 15 is 0 Å². The third-order valence-electron chi connectivity index (χ3n) is 15.2. The molecule has 0 radical (unpaired) electrons. The SMILES string of the molecule is CCCCC/C=C\C/C=C\CCCCCCCC(=O)OCCCCCCCCCCCCCCCCCCCCCCCCCCC(=O)NC(COC1OC(CO)C(O)C(O)C1O)C(O)/C=C/CCCCCCCCC. The minimum absolute atomic E-state index is 0.00980. The third kappa shape index (κ3) is 43.7. The van der Waals surface area contributed by atoms with Gasteiger partial charge in [0, 0.05) is 12.8 Å². The van der Waals surface area contributed by atoms with Crippen molar-refractivity contribution >= 4 is 11.9 Å². The molecule has 7 atom stereocenters. The highest BCUT2D eigenvalue weighted by Gasteiger charge is 2.44. The number of allylic oxidation sites excluding steroid dienone is 5. The van der Waals surface area contributed by atoms with E-state index in [-0.39, 0.29) is 18.5 Å². The number of hydrogen-bond donors (Lipinski definition) is 6. The summed E-state index contributed by atoms with van der Waals surface area (Å²) in [5, 5.41) is 54.2. The van der Waals surface area contributed by atoms with Gasteiger partial charge < -0.3 is 45.1 Å². The summed E-state index contributed by atoms with van der Waals surface area (Å²) in [6, 6.07) is -0.808. The Hall–Kier alpha value is -2.12. The lowest BCUT2D eigenvalue weighted by Crippen LogP contribution is -2.60. The number of aliphatic hydroxyl groups excluding tert-OH is 5. The number of carbonyl (C=O) groups excluding carboxylic acids is 2. The van der Waals surface area contributed by atoms with Crippen LogP contribution >= 0.6 is 0 Å². The van der Waals surface area contributed by atoms with Crippen molar-refractivity contribution in [3.63, 3.8) is 0 Å². The second kappa shape index (κ2) is 54.8. The van der Waals surface area contributed by atoms with Gasteiger partial charge >= 0.3 is 5.97 Å². The highest BCUT2D eigenvalue weighted by molar-refractivity contribution is 5.76. The summed E-state index contributed by atoms with van der Waals surface area (Å²) in [4.78, 5) is 25.1. The Morgan fingerprint density at radius 2 is 0.882 bits per heavy atom. The van der Waals surface area contributed by atoms with Gasteiger partial charge in [0.05, 0.1) is 32.0 Å². The summed E-state index contributed by atoms with van der Waals surface area (Å²) in [6.07, 6.45) is 58.4. The van der Waals surface area contributed by atoms with Crippen molar-refractivity contribution in [3.05, 3.63) is 36.5 Å². The van der Waals surface area contributed by atoms with Gasteiger partial charge in [0.1, 0.15) is 24.4 Å².